The highest BCUT2D eigenvalue weighted by atomic mass is 16.1. The van der Waals surface area contributed by atoms with Crippen LogP contribution in [0.5, 0.6) is 0 Å². The van der Waals surface area contributed by atoms with Crippen LogP contribution in [0.3, 0.4) is 0 Å². The fourth-order valence-electron chi connectivity index (χ4n) is 0.621. The van der Waals surface area contributed by atoms with Crippen molar-refractivity contribution in [2.75, 3.05) is 0 Å². The van der Waals surface area contributed by atoms with Crippen molar-refractivity contribution in [3.63, 3.8) is 0 Å². The third kappa shape index (κ3) is 2.78. The quantitative estimate of drug-likeness (QED) is 0.508. The lowest BCUT2D eigenvalue weighted by Gasteiger charge is -2.01. The average Bonchev–Trinajstić information content (AvgIpc) is 1.83. The van der Waals surface area contributed by atoms with E-state index in [1.165, 1.54) is 0 Å². The van der Waals surface area contributed by atoms with Gasteiger partial charge in [-0.2, -0.15) is 0 Å². The van der Waals surface area contributed by atoms with Crippen LogP contribution in [0.25, 0.3) is 0 Å². The highest BCUT2D eigenvalue weighted by Crippen LogP contribution is 2.04. The van der Waals surface area contributed by atoms with Crippen molar-refractivity contribution in [1.82, 2.24) is 0 Å². The molecule has 0 bridgehead atoms. The third-order valence-electron chi connectivity index (χ3n) is 1.26. The van der Waals surface area contributed by atoms with E-state index >= 15 is 0 Å². The highest BCUT2D eigenvalue weighted by molar-refractivity contribution is 5.53. The second kappa shape index (κ2) is 4.82. The lowest BCUT2D eigenvalue weighted by Crippen LogP contribution is -1.98. The third-order valence-corrected chi connectivity index (χ3v) is 1.26. The molecule has 1 nitrogen and oxygen atoms in total. The predicted molar refractivity (Wildman–Crippen MR) is 34.4 cm³/mol. The summed E-state index contributed by atoms with van der Waals surface area (Å²) in [5.74, 6) is 0.264. The van der Waals surface area contributed by atoms with E-state index in [-0.39, 0.29) is 5.92 Å². The van der Waals surface area contributed by atoms with Crippen LogP contribution in [-0.4, -0.2) is 6.29 Å². The summed E-state index contributed by atoms with van der Waals surface area (Å²) < 4.78 is 0. The lowest BCUT2D eigenvalue weighted by molar-refractivity contribution is -0.111. The maximum Gasteiger partial charge on any atom is 0.123 e. The molecule has 1 unspecified atom stereocenters. The minimum Gasteiger partial charge on any atom is -0.303 e. The van der Waals surface area contributed by atoms with E-state index < -0.39 is 0 Å². The summed E-state index contributed by atoms with van der Waals surface area (Å²) in [4.78, 5) is 10.1. The Morgan fingerprint density at radius 3 is 2.38 bits per heavy atom. The van der Waals surface area contributed by atoms with Gasteiger partial charge in [0.1, 0.15) is 6.29 Å². The number of hydrogen-bond acceptors (Lipinski definition) is 1. The molecule has 0 aliphatic heterocycles. The molecule has 0 spiro atoms. The van der Waals surface area contributed by atoms with Gasteiger partial charge in [-0.15, -0.1) is 0 Å². The molecule has 0 amide bonds. The van der Waals surface area contributed by atoms with Gasteiger partial charge in [0.15, 0.2) is 0 Å². The van der Waals surface area contributed by atoms with Crippen molar-refractivity contribution in [1.29, 1.82) is 0 Å². The first-order valence-corrected chi connectivity index (χ1v) is 3.08. The van der Waals surface area contributed by atoms with Crippen molar-refractivity contribution < 1.29 is 4.79 Å². The first-order chi connectivity index (χ1) is 3.85. The zero-order chi connectivity index (χ0) is 6.41. The Labute approximate surface area is 51.1 Å². The van der Waals surface area contributed by atoms with Crippen LogP contribution >= 0.6 is 0 Å². The molecule has 1 atom stereocenters. The van der Waals surface area contributed by atoms with Gasteiger partial charge in [0.2, 0.25) is 0 Å². The van der Waals surface area contributed by atoms with Crippen molar-refractivity contribution in [2.45, 2.75) is 26.7 Å². The van der Waals surface area contributed by atoms with Gasteiger partial charge < -0.3 is 4.79 Å². The molecular formula is C7H13O. The Hall–Kier alpha value is -0.330. The van der Waals surface area contributed by atoms with Gasteiger partial charge in [-0.25, -0.2) is 0 Å². The number of carbonyl (C=O) groups is 1. The van der Waals surface area contributed by atoms with Gasteiger partial charge in [-0.05, 0) is 19.3 Å². The first kappa shape index (κ1) is 7.67. The van der Waals surface area contributed by atoms with Crippen LogP contribution in [0.1, 0.15) is 26.7 Å². The van der Waals surface area contributed by atoms with Crippen molar-refractivity contribution >= 4 is 6.29 Å². The molecule has 47 valence electrons. The summed E-state index contributed by atoms with van der Waals surface area (Å²) in [6, 6.07) is 0. The van der Waals surface area contributed by atoms with Gasteiger partial charge in [0.25, 0.3) is 0 Å². The van der Waals surface area contributed by atoms with Crippen LogP contribution in [0.15, 0.2) is 0 Å². The predicted octanol–water partition coefficient (Wildman–Crippen LogP) is 1.83. The summed E-state index contributed by atoms with van der Waals surface area (Å²) >= 11 is 0. The van der Waals surface area contributed by atoms with E-state index in [0.29, 0.717) is 0 Å². The lowest BCUT2D eigenvalue weighted by atomic mass is 10.0. The minimum absolute atomic E-state index is 0.264. The molecule has 0 rings (SSSR count). The number of carbonyl (C=O) groups excluding carboxylic acids is 1. The van der Waals surface area contributed by atoms with Gasteiger partial charge in [-0.1, -0.05) is 13.8 Å². The van der Waals surface area contributed by atoms with E-state index in [0.717, 1.165) is 19.1 Å². The fourth-order valence-corrected chi connectivity index (χ4v) is 0.621. The molecule has 0 N–H and O–H groups in total. The van der Waals surface area contributed by atoms with Gasteiger partial charge in [-0.3, -0.25) is 0 Å². The normalized spacial score (nSPS) is 13.2. The molecule has 0 saturated carbocycles. The van der Waals surface area contributed by atoms with Crippen molar-refractivity contribution in [2.24, 2.45) is 5.92 Å². The number of aldehydes is 1. The van der Waals surface area contributed by atoms with Crippen molar-refractivity contribution in [3.05, 3.63) is 6.42 Å². The van der Waals surface area contributed by atoms with E-state index in [1.54, 1.807) is 0 Å². The number of rotatable bonds is 4. The SMILES string of the molecule is C[CH]CC(C=O)CC. The summed E-state index contributed by atoms with van der Waals surface area (Å²) in [7, 11) is 0. The smallest absolute Gasteiger partial charge is 0.123 e. The minimum atomic E-state index is 0.264. The Bertz CT molecular complexity index is 59.4. The standard InChI is InChI=1S/C7H13O/c1-3-5-7(4-2)6-8/h3,6-7H,4-5H2,1-2H3. The molecule has 0 aliphatic carbocycles. The van der Waals surface area contributed by atoms with Gasteiger partial charge in [0, 0.05) is 5.92 Å². The Morgan fingerprint density at radius 1 is 1.62 bits per heavy atom. The molecule has 1 radical (unpaired) electrons. The molecule has 0 aromatic heterocycles. The van der Waals surface area contributed by atoms with E-state index in [2.05, 4.69) is 0 Å². The Morgan fingerprint density at radius 2 is 2.25 bits per heavy atom. The molecule has 0 aromatic carbocycles. The molecule has 0 heterocycles. The number of hydrogen-bond donors (Lipinski definition) is 0. The molecule has 0 aliphatic rings. The van der Waals surface area contributed by atoms with Crippen LogP contribution in [-0.2, 0) is 4.79 Å². The van der Waals surface area contributed by atoms with Crippen LogP contribution in [0.2, 0.25) is 0 Å². The second-order valence-electron chi connectivity index (χ2n) is 1.95. The first-order valence-electron chi connectivity index (χ1n) is 3.08. The molecular weight excluding hydrogens is 100 g/mol. The molecule has 8 heavy (non-hydrogen) atoms. The van der Waals surface area contributed by atoms with Crippen LogP contribution in [0, 0.1) is 12.3 Å². The van der Waals surface area contributed by atoms with E-state index in [4.69, 9.17) is 0 Å². The zero-order valence-electron chi connectivity index (χ0n) is 5.55. The zero-order valence-corrected chi connectivity index (χ0v) is 5.55. The Balaban J connectivity index is 3.21. The average molecular weight is 113 g/mol. The topological polar surface area (TPSA) is 17.1 Å². The summed E-state index contributed by atoms with van der Waals surface area (Å²) in [5, 5.41) is 0. The summed E-state index contributed by atoms with van der Waals surface area (Å²) in [6.45, 7) is 4.01. The molecule has 0 aromatic rings. The van der Waals surface area contributed by atoms with E-state index in [1.807, 2.05) is 20.3 Å². The van der Waals surface area contributed by atoms with Crippen LogP contribution in [0.4, 0.5) is 0 Å². The molecule has 1 heteroatoms. The van der Waals surface area contributed by atoms with Crippen LogP contribution < -0.4 is 0 Å². The fraction of sp³-hybridized carbons (Fsp3) is 0.714. The monoisotopic (exact) mass is 113 g/mol. The van der Waals surface area contributed by atoms with Gasteiger partial charge >= 0.3 is 0 Å². The Kier molecular flexibility index (Phi) is 4.62. The molecule has 0 fully saturated rings. The molecule has 0 saturated heterocycles. The summed E-state index contributed by atoms with van der Waals surface area (Å²) in [6.07, 6.45) is 4.95. The van der Waals surface area contributed by atoms with Crippen molar-refractivity contribution in [3.8, 4) is 0 Å². The second-order valence-corrected chi connectivity index (χ2v) is 1.95. The maximum absolute atomic E-state index is 10.1. The highest BCUT2D eigenvalue weighted by Gasteiger charge is 1.99. The summed E-state index contributed by atoms with van der Waals surface area (Å²) in [5.41, 5.74) is 0. The van der Waals surface area contributed by atoms with Gasteiger partial charge in [0.05, 0.1) is 0 Å². The van der Waals surface area contributed by atoms with E-state index in [9.17, 15) is 4.79 Å². The largest absolute Gasteiger partial charge is 0.303 e. The maximum atomic E-state index is 10.1.